The molecule has 0 saturated heterocycles. The first kappa shape index (κ1) is 16.7. The van der Waals surface area contributed by atoms with Gasteiger partial charge in [0.15, 0.2) is 0 Å². The molecule has 0 amide bonds. The van der Waals surface area contributed by atoms with Crippen LogP contribution < -0.4 is 0 Å². The van der Waals surface area contributed by atoms with Crippen molar-refractivity contribution in [1.82, 2.24) is 0 Å². The minimum absolute atomic E-state index is 0.178. The SMILES string of the molecule is CCCCC(=O)OC=CC=CC=CC=Cc1ccccc1. The number of allylic oxidation sites excluding steroid dienone is 6. The molecule has 0 saturated carbocycles. The normalized spacial score (nSPS) is 12.0. The molecule has 0 aliphatic carbocycles. The minimum Gasteiger partial charge on any atom is -0.434 e. The van der Waals surface area contributed by atoms with Crippen LogP contribution >= 0.6 is 0 Å². The maximum absolute atomic E-state index is 11.2. The fourth-order valence-electron chi connectivity index (χ4n) is 1.53. The first-order valence-corrected chi connectivity index (χ1v) is 7.24. The predicted octanol–water partition coefficient (Wildman–Crippen LogP) is 5.06. The summed E-state index contributed by atoms with van der Waals surface area (Å²) in [5.41, 5.74) is 1.17. The maximum Gasteiger partial charge on any atom is 0.310 e. The Morgan fingerprint density at radius 3 is 2.38 bits per heavy atom. The topological polar surface area (TPSA) is 26.3 Å². The van der Waals surface area contributed by atoms with Crippen LogP contribution in [0.25, 0.3) is 6.08 Å². The van der Waals surface area contributed by atoms with Crippen LogP contribution in [0.5, 0.6) is 0 Å². The lowest BCUT2D eigenvalue weighted by Gasteiger charge is -1.95. The quantitative estimate of drug-likeness (QED) is 0.378. The van der Waals surface area contributed by atoms with Crippen molar-refractivity contribution in [3.8, 4) is 0 Å². The molecule has 0 N–H and O–H groups in total. The average Bonchev–Trinajstić information content (AvgIpc) is 2.52. The standard InChI is InChI=1S/C19H22O2/c1-2-3-16-19(20)21-17-12-7-5-4-6-9-13-18-14-10-8-11-15-18/h4-15,17H,2-3,16H2,1H3. The molecule has 0 spiro atoms. The largest absolute Gasteiger partial charge is 0.434 e. The Balaban J connectivity index is 2.21. The molecule has 1 aromatic carbocycles. The Kier molecular flexibility index (Phi) is 9.13. The number of carbonyl (C=O) groups is 1. The van der Waals surface area contributed by atoms with E-state index in [2.05, 4.69) is 12.1 Å². The van der Waals surface area contributed by atoms with Crippen molar-refractivity contribution in [3.63, 3.8) is 0 Å². The van der Waals surface area contributed by atoms with Gasteiger partial charge in [-0.3, -0.25) is 4.79 Å². The van der Waals surface area contributed by atoms with Gasteiger partial charge in [-0.1, -0.05) is 80.1 Å². The minimum atomic E-state index is -0.178. The zero-order valence-corrected chi connectivity index (χ0v) is 12.4. The second kappa shape index (κ2) is 11.5. The number of ether oxygens (including phenoxy) is 1. The molecule has 0 aliphatic rings. The van der Waals surface area contributed by atoms with E-state index < -0.39 is 0 Å². The third-order valence-electron chi connectivity index (χ3n) is 2.66. The number of esters is 1. The van der Waals surface area contributed by atoms with Crippen molar-refractivity contribution in [2.24, 2.45) is 0 Å². The summed E-state index contributed by atoms with van der Waals surface area (Å²) in [6, 6.07) is 10.1. The molecule has 2 heteroatoms. The molecule has 0 unspecified atom stereocenters. The van der Waals surface area contributed by atoms with Crippen LogP contribution in [0.3, 0.4) is 0 Å². The lowest BCUT2D eigenvalue weighted by Crippen LogP contribution is -1.97. The molecular weight excluding hydrogens is 260 g/mol. The number of unbranched alkanes of at least 4 members (excludes halogenated alkanes) is 1. The van der Waals surface area contributed by atoms with Gasteiger partial charge in [0.2, 0.25) is 0 Å². The number of rotatable bonds is 8. The molecule has 0 bridgehead atoms. The van der Waals surface area contributed by atoms with Gasteiger partial charge in [-0.2, -0.15) is 0 Å². The van der Waals surface area contributed by atoms with Crippen molar-refractivity contribution < 1.29 is 9.53 Å². The summed E-state index contributed by atoms with van der Waals surface area (Å²) >= 11 is 0. The molecule has 21 heavy (non-hydrogen) atoms. The van der Waals surface area contributed by atoms with E-state index in [1.807, 2.05) is 61.6 Å². The lowest BCUT2D eigenvalue weighted by atomic mass is 10.2. The van der Waals surface area contributed by atoms with E-state index in [9.17, 15) is 4.79 Å². The van der Waals surface area contributed by atoms with E-state index in [0.717, 1.165) is 12.8 Å². The lowest BCUT2D eigenvalue weighted by molar-refractivity contribution is -0.138. The highest BCUT2D eigenvalue weighted by molar-refractivity contribution is 5.69. The van der Waals surface area contributed by atoms with E-state index in [0.29, 0.717) is 6.42 Å². The van der Waals surface area contributed by atoms with Gasteiger partial charge in [-0.05, 0) is 18.1 Å². The summed E-state index contributed by atoms with van der Waals surface area (Å²) in [6.07, 6.45) is 17.1. The smallest absolute Gasteiger partial charge is 0.310 e. The van der Waals surface area contributed by atoms with Gasteiger partial charge in [0.25, 0.3) is 0 Å². The molecule has 0 aromatic heterocycles. The summed E-state index contributed by atoms with van der Waals surface area (Å²) in [5.74, 6) is -0.178. The molecule has 2 nitrogen and oxygen atoms in total. The summed E-state index contributed by atoms with van der Waals surface area (Å²) < 4.78 is 4.92. The van der Waals surface area contributed by atoms with E-state index >= 15 is 0 Å². The van der Waals surface area contributed by atoms with Gasteiger partial charge in [-0.15, -0.1) is 0 Å². The van der Waals surface area contributed by atoms with Gasteiger partial charge in [0, 0.05) is 6.42 Å². The van der Waals surface area contributed by atoms with Gasteiger partial charge >= 0.3 is 5.97 Å². The monoisotopic (exact) mass is 282 g/mol. The van der Waals surface area contributed by atoms with Gasteiger partial charge in [0.1, 0.15) is 0 Å². The third kappa shape index (κ3) is 9.22. The summed E-state index contributed by atoms with van der Waals surface area (Å²) in [5, 5.41) is 0. The highest BCUT2D eigenvalue weighted by atomic mass is 16.5. The Bertz CT molecular complexity index is 508. The van der Waals surface area contributed by atoms with Crippen LogP contribution in [-0.2, 0) is 9.53 Å². The number of carbonyl (C=O) groups excluding carboxylic acids is 1. The van der Waals surface area contributed by atoms with E-state index in [4.69, 9.17) is 4.74 Å². The second-order valence-electron chi connectivity index (χ2n) is 4.46. The summed E-state index contributed by atoms with van der Waals surface area (Å²) in [7, 11) is 0. The van der Waals surface area contributed by atoms with Crippen LogP contribution in [-0.4, -0.2) is 5.97 Å². The van der Waals surface area contributed by atoms with Crippen LogP contribution in [0.4, 0.5) is 0 Å². The van der Waals surface area contributed by atoms with Crippen molar-refractivity contribution >= 4 is 12.0 Å². The molecule has 1 rings (SSSR count). The summed E-state index contributed by atoms with van der Waals surface area (Å²) in [6.45, 7) is 2.05. The molecule has 0 fully saturated rings. The second-order valence-corrected chi connectivity index (χ2v) is 4.46. The van der Waals surface area contributed by atoms with Crippen molar-refractivity contribution in [2.75, 3.05) is 0 Å². The zero-order valence-electron chi connectivity index (χ0n) is 12.4. The van der Waals surface area contributed by atoms with E-state index in [1.165, 1.54) is 11.8 Å². The van der Waals surface area contributed by atoms with Crippen molar-refractivity contribution in [1.29, 1.82) is 0 Å². The average molecular weight is 282 g/mol. The Hall–Kier alpha value is -2.35. The van der Waals surface area contributed by atoms with Crippen molar-refractivity contribution in [3.05, 3.63) is 78.6 Å². The molecular formula is C19H22O2. The first-order chi connectivity index (χ1) is 10.3. The Morgan fingerprint density at radius 2 is 1.67 bits per heavy atom. The fraction of sp³-hybridized carbons (Fsp3) is 0.211. The van der Waals surface area contributed by atoms with Crippen LogP contribution in [0.2, 0.25) is 0 Å². The number of hydrogen-bond acceptors (Lipinski definition) is 2. The molecule has 0 heterocycles. The predicted molar refractivity (Wildman–Crippen MR) is 88.5 cm³/mol. The first-order valence-electron chi connectivity index (χ1n) is 7.24. The van der Waals surface area contributed by atoms with Gasteiger partial charge in [0.05, 0.1) is 6.26 Å². The van der Waals surface area contributed by atoms with Crippen LogP contribution in [0, 0.1) is 0 Å². The fourth-order valence-corrected chi connectivity index (χ4v) is 1.53. The number of benzene rings is 1. The molecule has 0 radical (unpaired) electrons. The van der Waals surface area contributed by atoms with E-state index in [-0.39, 0.29) is 5.97 Å². The molecule has 1 aromatic rings. The third-order valence-corrected chi connectivity index (χ3v) is 2.66. The molecule has 110 valence electrons. The highest BCUT2D eigenvalue weighted by Crippen LogP contribution is 2.00. The summed E-state index contributed by atoms with van der Waals surface area (Å²) in [4.78, 5) is 11.2. The van der Waals surface area contributed by atoms with Gasteiger partial charge < -0.3 is 4.74 Å². The molecule has 0 atom stereocenters. The number of hydrogen-bond donors (Lipinski definition) is 0. The van der Waals surface area contributed by atoms with Crippen LogP contribution in [0.15, 0.2) is 73.1 Å². The highest BCUT2D eigenvalue weighted by Gasteiger charge is 1.97. The van der Waals surface area contributed by atoms with E-state index in [1.54, 1.807) is 6.08 Å². The zero-order chi connectivity index (χ0) is 15.2. The maximum atomic E-state index is 11.2. The van der Waals surface area contributed by atoms with Crippen LogP contribution in [0.1, 0.15) is 31.7 Å². The Morgan fingerprint density at radius 1 is 1.00 bits per heavy atom. The van der Waals surface area contributed by atoms with Gasteiger partial charge in [-0.25, -0.2) is 0 Å². The molecule has 0 aliphatic heterocycles. The Labute approximate surface area is 127 Å². The van der Waals surface area contributed by atoms with Crippen molar-refractivity contribution in [2.45, 2.75) is 26.2 Å².